The number of carbonyl (C=O) groups is 2. The predicted octanol–water partition coefficient (Wildman–Crippen LogP) is 6.09. The summed E-state index contributed by atoms with van der Waals surface area (Å²) >= 11 is 1.37. The van der Waals surface area contributed by atoms with Crippen molar-refractivity contribution < 1.29 is 23.5 Å². The lowest BCUT2D eigenvalue weighted by atomic mass is 10.0. The van der Waals surface area contributed by atoms with Gasteiger partial charge in [-0.1, -0.05) is 60.7 Å². The fourth-order valence-corrected chi connectivity index (χ4v) is 6.51. The molecule has 1 aliphatic heterocycles. The molecule has 0 aromatic heterocycles. The Kier molecular flexibility index (Phi) is 7.89. The molecular formula is C27H26FNO4PS+. The molecule has 1 aliphatic rings. The van der Waals surface area contributed by atoms with Gasteiger partial charge in [0.2, 0.25) is 6.23 Å². The minimum Gasteiger partial charge on any atom is -0.444 e. The SMILES string of the molecule is C=[P+](C)CC1(CSc2ccc(F)cc2)C(=O)OC(c2ccccc2)N1C(=O)OCc1ccccc1. The second-order valence-corrected chi connectivity index (χ2v) is 11.4. The quantitative estimate of drug-likeness (QED) is 0.208. The number of thioether (sulfide) groups is 1. The lowest BCUT2D eigenvalue weighted by Gasteiger charge is -2.33. The minimum atomic E-state index is -1.28. The summed E-state index contributed by atoms with van der Waals surface area (Å²) in [5, 5.41) is 0. The standard InChI is InChI=1S/C27H26FNO4PS/c1-34(2)18-27(19-35-23-15-13-22(28)14-16-23)25(30)33-24(21-11-7-4-8-12-21)29(27)26(31)32-17-20-9-5-3-6-10-20/h3-16,24H,1,17-19H2,2H3/q+1. The van der Waals surface area contributed by atoms with Gasteiger partial charge in [0, 0.05) is 16.2 Å². The topological polar surface area (TPSA) is 55.8 Å². The second kappa shape index (κ2) is 11.1. The Labute approximate surface area is 209 Å². The number of benzene rings is 3. The lowest BCUT2D eigenvalue weighted by molar-refractivity contribution is -0.144. The van der Waals surface area contributed by atoms with Gasteiger partial charge in [-0.05, 0) is 29.8 Å². The van der Waals surface area contributed by atoms with Gasteiger partial charge in [-0.15, -0.1) is 11.8 Å². The number of esters is 1. The van der Waals surface area contributed by atoms with Crippen LogP contribution in [0.3, 0.4) is 0 Å². The summed E-state index contributed by atoms with van der Waals surface area (Å²) in [6.07, 6.45) is 2.94. The third-order valence-corrected chi connectivity index (χ3v) is 7.89. The molecule has 1 heterocycles. The van der Waals surface area contributed by atoms with Gasteiger partial charge in [0.05, 0.1) is 20.5 Å². The Balaban J connectivity index is 1.69. The van der Waals surface area contributed by atoms with E-state index in [1.807, 2.05) is 67.3 Å². The van der Waals surface area contributed by atoms with Crippen molar-refractivity contribution in [1.29, 1.82) is 0 Å². The maximum absolute atomic E-state index is 13.6. The van der Waals surface area contributed by atoms with Gasteiger partial charge < -0.3 is 9.47 Å². The van der Waals surface area contributed by atoms with Crippen LogP contribution < -0.4 is 0 Å². The maximum atomic E-state index is 13.6. The van der Waals surface area contributed by atoms with E-state index in [1.54, 1.807) is 12.1 Å². The molecule has 0 bridgehead atoms. The number of cyclic esters (lactones) is 1. The molecule has 0 spiro atoms. The van der Waals surface area contributed by atoms with Crippen LogP contribution in [-0.4, -0.2) is 47.4 Å². The van der Waals surface area contributed by atoms with E-state index < -0.39 is 31.4 Å². The van der Waals surface area contributed by atoms with Gasteiger partial charge in [-0.3, -0.25) is 0 Å². The molecule has 3 aromatic rings. The first kappa shape index (κ1) is 25.0. The van der Waals surface area contributed by atoms with E-state index in [0.29, 0.717) is 11.7 Å². The minimum absolute atomic E-state index is 0.0678. The zero-order valence-corrected chi connectivity index (χ0v) is 21.0. The van der Waals surface area contributed by atoms with E-state index in [-0.39, 0.29) is 18.2 Å². The first-order valence-electron chi connectivity index (χ1n) is 11.0. The molecule has 1 fully saturated rings. The average Bonchev–Trinajstić information content (AvgIpc) is 3.15. The Morgan fingerprint density at radius 3 is 2.34 bits per heavy atom. The van der Waals surface area contributed by atoms with Gasteiger partial charge in [0.25, 0.3) is 0 Å². The van der Waals surface area contributed by atoms with E-state index in [9.17, 15) is 14.0 Å². The van der Waals surface area contributed by atoms with Crippen LogP contribution in [0.1, 0.15) is 17.4 Å². The molecule has 0 saturated carbocycles. The number of ether oxygens (including phenoxy) is 2. The maximum Gasteiger partial charge on any atom is 0.414 e. The summed E-state index contributed by atoms with van der Waals surface area (Å²) in [5.41, 5.74) is 0.232. The number of rotatable bonds is 8. The molecule has 1 saturated heterocycles. The highest BCUT2D eigenvalue weighted by atomic mass is 32.2. The zero-order chi connectivity index (χ0) is 24.8. The molecule has 3 atom stereocenters. The molecule has 5 nitrogen and oxygen atoms in total. The fraction of sp³-hybridized carbons (Fsp3) is 0.222. The van der Waals surface area contributed by atoms with E-state index >= 15 is 0 Å². The van der Waals surface area contributed by atoms with Crippen molar-refractivity contribution in [3.8, 4) is 0 Å². The normalized spacial score (nSPS) is 19.8. The molecular weight excluding hydrogens is 484 g/mol. The van der Waals surface area contributed by atoms with Gasteiger partial charge in [-0.25, -0.2) is 18.9 Å². The van der Waals surface area contributed by atoms with Crippen molar-refractivity contribution in [2.45, 2.75) is 23.3 Å². The Hall–Kier alpha value is -3.15. The summed E-state index contributed by atoms with van der Waals surface area (Å²) in [7, 11) is -0.838. The first-order chi connectivity index (χ1) is 16.9. The van der Waals surface area contributed by atoms with E-state index in [4.69, 9.17) is 9.47 Å². The highest BCUT2D eigenvalue weighted by Crippen LogP contribution is 2.45. The van der Waals surface area contributed by atoms with Crippen molar-refractivity contribution in [3.05, 3.63) is 102 Å². The van der Waals surface area contributed by atoms with E-state index in [2.05, 4.69) is 6.30 Å². The molecule has 180 valence electrons. The Bertz CT molecular complexity index is 1190. The number of halogens is 1. The summed E-state index contributed by atoms with van der Waals surface area (Å²) in [6.45, 7) is 2.02. The number of carbonyl (C=O) groups excluding carboxylic acids is 2. The highest BCUT2D eigenvalue weighted by molar-refractivity contribution is 7.99. The third-order valence-electron chi connectivity index (χ3n) is 5.60. The first-order valence-corrected chi connectivity index (χ1v) is 14.2. The van der Waals surface area contributed by atoms with Gasteiger partial charge in [0.15, 0.2) is 5.54 Å². The summed E-state index contributed by atoms with van der Waals surface area (Å²) in [6, 6.07) is 24.6. The molecule has 0 radical (unpaired) electrons. The molecule has 0 aliphatic carbocycles. The summed E-state index contributed by atoms with van der Waals surface area (Å²) in [5.74, 6) is -0.603. The predicted molar refractivity (Wildman–Crippen MR) is 138 cm³/mol. The molecule has 4 rings (SSSR count). The summed E-state index contributed by atoms with van der Waals surface area (Å²) < 4.78 is 25.0. The molecule has 8 heteroatoms. The van der Waals surface area contributed by atoms with Crippen LogP contribution in [-0.2, 0) is 20.9 Å². The number of amides is 1. The van der Waals surface area contributed by atoms with E-state index in [0.717, 1.165) is 10.5 Å². The number of hydrogen-bond acceptors (Lipinski definition) is 5. The molecule has 0 N–H and O–H groups in total. The molecule has 1 amide bonds. The monoisotopic (exact) mass is 510 g/mol. The van der Waals surface area contributed by atoms with Crippen LogP contribution in [0.2, 0.25) is 0 Å². The van der Waals surface area contributed by atoms with Crippen molar-refractivity contribution in [2.75, 3.05) is 18.6 Å². The van der Waals surface area contributed by atoms with Crippen LogP contribution in [0.25, 0.3) is 0 Å². The number of nitrogens with zero attached hydrogens (tertiary/aromatic N) is 1. The number of hydrogen-bond donors (Lipinski definition) is 0. The Morgan fingerprint density at radius 2 is 1.71 bits per heavy atom. The zero-order valence-electron chi connectivity index (χ0n) is 19.3. The third kappa shape index (κ3) is 5.75. The van der Waals surface area contributed by atoms with Gasteiger partial charge in [0.1, 0.15) is 18.6 Å². The van der Waals surface area contributed by atoms with Crippen LogP contribution >= 0.6 is 19.3 Å². The van der Waals surface area contributed by atoms with Crippen molar-refractivity contribution >= 4 is 37.7 Å². The lowest BCUT2D eigenvalue weighted by Crippen LogP contribution is -2.56. The van der Waals surface area contributed by atoms with Gasteiger partial charge >= 0.3 is 12.1 Å². The Morgan fingerprint density at radius 1 is 1.09 bits per heavy atom. The molecule has 3 aromatic carbocycles. The molecule has 35 heavy (non-hydrogen) atoms. The van der Waals surface area contributed by atoms with Gasteiger partial charge in [-0.2, -0.15) is 0 Å². The van der Waals surface area contributed by atoms with Crippen molar-refractivity contribution in [1.82, 2.24) is 4.90 Å². The van der Waals surface area contributed by atoms with Crippen molar-refractivity contribution in [2.24, 2.45) is 0 Å². The van der Waals surface area contributed by atoms with Crippen LogP contribution in [0, 0.1) is 5.82 Å². The van der Waals surface area contributed by atoms with Crippen LogP contribution in [0.5, 0.6) is 0 Å². The van der Waals surface area contributed by atoms with Crippen LogP contribution in [0.4, 0.5) is 9.18 Å². The average molecular weight is 511 g/mol. The fourth-order valence-electron chi connectivity index (χ4n) is 3.98. The van der Waals surface area contributed by atoms with Crippen LogP contribution in [0.15, 0.2) is 89.8 Å². The summed E-state index contributed by atoms with van der Waals surface area (Å²) in [4.78, 5) is 29.3. The highest BCUT2D eigenvalue weighted by Gasteiger charge is 2.61. The van der Waals surface area contributed by atoms with Crippen molar-refractivity contribution in [3.63, 3.8) is 0 Å². The smallest absolute Gasteiger partial charge is 0.414 e. The second-order valence-electron chi connectivity index (χ2n) is 8.37. The largest absolute Gasteiger partial charge is 0.444 e. The van der Waals surface area contributed by atoms with E-state index in [1.165, 1.54) is 28.8 Å². The molecule has 3 unspecified atom stereocenters.